The lowest BCUT2D eigenvalue weighted by Gasteiger charge is -2.32. The number of benzene rings is 1. The second-order valence-electron chi connectivity index (χ2n) is 3.47. The van der Waals surface area contributed by atoms with Crippen LogP contribution in [0, 0.1) is 0 Å². The maximum Gasteiger partial charge on any atom is 0.143 e. The van der Waals surface area contributed by atoms with Crippen LogP contribution in [0.2, 0.25) is 0 Å². The van der Waals surface area contributed by atoms with Crippen LogP contribution >= 0.6 is 0 Å². The van der Waals surface area contributed by atoms with Crippen molar-refractivity contribution in [2.24, 2.45) is 0 Å². The first-order valence-corrected chi connectivity index (χ1v) is 5.00. The smallest absolute Gasteiger partial charge is 0.143 e. The largest absolute Gasteiger partial charge is 0.485 e. The van der Waals surface area contributed by atoms with Gasteiger partial charge in [0.05, 0.1) is 5.69 Å². The second kappa shape index (κ2) is 3.74. The summed E-state index contributed by atoms with van der Waals surface area (Å²) in [7, 11) is 0. The van der Waals surface area contributed by atoms with E-state index in [1.54, 1.807) is 0 Å². The number of anilines is 1. The summed E-state index contributed by atoms with van der Waals surface area (Å²) in [5, 5.41) is 0. The first-order valence-electron chi connectivity index (χ1n) is 5.00. The van der Waals surface area contributed by atoms with Crippen LogP contribution in [0.25, 0.3) is 0 Å². The molecule has 1 aromatic carbocycles. The number of fused-ring (bicyclic) bond motifs is 1. The molecule has 1 heterocycles. The van der Waals surface area contributed by atoms with E-state index >= 15 is 0 Å². The van der Waals surface area contributed by atoms with Crippen LogP contribution in [-0.2, 0) is 0 Å². The van der Waals surface area contributed by atoms with Gasteiger partial charge in [-0.1, -0.05) is 25.6 Å². The Balaban J connectivity index is 2.36. The highest BCUT2D eigenvalue weighted by atomic mass is 16.5. The van der Waals surface area contributed by atoms with Crippen molar-refractivity contribution in [1.82, 2.24) is 0 Å². The normalized spacial score (nSPS) is 14.9. The van der Waals surface area contributed by atoms with Crippen molar-refractivity contribution in [3.63, 3.8) is 0 Å². The Bertz CT molecular complexity index is 346. The molecule has 14 heavy (non-hydrogen) atoms. The predicted octanol–water partition coefficient (Wildman–Crippen LogP) is 2.81. The van der Waals surface area contributed by atoms with Crippen LogP contribution in [-0.4, -0.2) is 13.2 Å². The number of rotatable bonds is 2. The topological polar surface area (TPSA) is 12.5 Å². The lowest BCUT2D eigenvalue weighted by atomic mass is 10.2. The van der Waals surface area contributed by atoms with E-state index in [4.69, 9.17) is 4.74 Å². The third-order valence-corrected chi connectivity index (χ3v) is 2.38. The van der Waals surface area contributed by atoms with Gasteiger partial charge in [0.25, 0.3) is 0 Å². The molecule has 0 unspecified atom stereocenters. The summed E-state index contributed by atoms with van der Waals surface area (Å²) >= 11 is 0. The average molecular weight is 189 g/mol. The molecule has 74 valence electrons. The Kier molecular flexibility index (Phi) is 2.44. The molecule has 0 atom stereocenters. The number of hydrogen-bond donors (Lipinski definition) is 0. The highest BCUT2D eigenvalue weighted by Gasteiger charge is 2.19. The molecule has 1 aliphatic rings. The molecule has 0 fully saturated rings. The van der Waals surface area contributed by atoms with Crippen molar-refractivity contribution in [2.45, 2.75) is 13.3 Å². The summed E-state index contributed by atoms with van der Waals surface area (Å²) in [4.78, 5) is 2.23. The molecule has 0 bridgehead atoms. The van der Waals surface area contributed by atoms with Crippen molar-refractivity contribution < 1.29 is 4.74 Å². The molecule has 0 amide bonds. The number of hydrogen-bond acceptors (Lipinski definition) is 2. The maximum atomic E-state index is 5.57. The van der Waals surface area contributed by atoms with E-state index in [9.17, 15) is 0 Å². The van der Waals surface area contributed by atoms with Gasteiger partial charge in [-0.2, -0.15) is 0 Å². The van der Waals surface area contributed by atoms with Crippen molar-refractivity contribution >= 4 is 5.69 Å². The molecule has 2 nitrogen and oxygen atoms in total. The lowest BCUT2D eigenvalue weighted by Crippen LogP contribution is -2.30. The third kappa shape index (κ3) is 1.48. The second-order valence-corrected chi connectivity index (χ2v) is 3.47. The molecule has 0 radical (unpaired) electrons. The van der Waals surface area contributed by atoms with E-state index < -0.39 is 0 Å². The molecule has 0 aliphatic carbocycles. The fourth-order valence-corrected chi connectivity index (χ4v) is 1.71. The molecule has 0 saturated carbocycles. The SMILES string of the molecule is C=C1COc2ccccc2N1CCC. The summed E-state index contributed by atoms with van der Waals surface area (Å²) < 4.78 is 5.57. The van der Waals surface area contributed by atoms with Crippen molar-refractivity contribution in [3.8, 4) is 5.75 Å². The van der Waals surface area contributed by atoms with E-state index in [0.29, 0.717) is 6.61 Å². The fraction of sp³-hybridized carbons (Fsp3) is 0.333. The van der Waals surface area contributed by atoms with Gasteiger partial charge >= 0.3 is 0 Å². The number of nitrogens with zero attached hydrogens (tertiary/aromatic N) is 1. The van der Waals surface area contributed by atoms with Crippen molar-refractivity contribution in [1.29, 1.82) is 0 Å². The lowest BCUT2D eigenvalue weighted by molar-refractivity contribution is 0.335. The van der Waals surface area contributed by atoms with E-state index in [1.807, 2.05) is 18.2 Å². The van der Waals surface area contributed by atoms with Gasteiger partial charge in [0.2, 0.25) is 0 Å². The summed E-state index contributed by atoms with van der Waals surface area (Å²) in [6, 6.07) is 8.11. The van der Waals surface area contributed by atoms with E-state index in [1.165, 1.54) is 0 Å². The van der Waals surface area contributed by atoms with Gasteiger partial charge in [0.15, 0.2) is 0 Å². The van der Waals surface area contributed by atoms with Gasteiger partial charge in [0, 0.05) is 12.2 Å². The molecule has 0 spiro atoms. The van der Waals surface area contributed by atoms with Crippen LogP contribution < -0.4 is 9.64 Å². The van der Waals surface area contributed by atoms with Crippen molar-refractivity contribution in [3.05, 3.63) is 36.5 Å². The summed E-state index contributed by atoms with van der Waals surface area (Å²) in [5.74, 6) is 0.966. The molecule has 0 aromatic heterocycles. The Labute approximate surface area is 84.8 Å². The summed E-state index contributed by atoms with van der Waals surface area (Å²) in [6.45, 7) is 7.81. The zero-order chi connectivity index (χ0) is 9.97. The van der Waals surface area contributed by atoms with Crippen LogP contribution in [0.15, 0.2) is 36.5 Å². The highest BCUT2D eigenvalue weighted by molar-refractivity contribution is 5.63. The van der Waals surface area contributed by atoms with Gasteiger partial charge in [-0.15, -0.1) is 0 Å². The number of para-hydroxylation sites is 2. The molecular weight excluding hydrogens is 174 g/mol. The first-order chi connectivity index (χ1) is 6.83. The van der Waals surface area contributed by atoms with Crippen molar-refractivity contribution in [2.75, 3.05) is 18.1 Å². The zero-order valence-corrected chi connectivity index (χ0v) is 8.49. The minimum Gasteiger partial charge on any atom is -0.485 e. The van der Waals surface area contributed by atoms with Gasteiger partial charge in [-0.05, 0) is 18.6 Å². The van der Waals surface area contributed by atoms with Crippen LogP contribution in [0.4, 0.5) is 5.69 Å². The standard InChI is InChI=1S/C12H15NO/c1-3-8-13-10(2)9-14-12-7-5-4-6-11(12)13/h4-7H,2-3,8-9H2,1H3. The molecule has 1 aromatic rings. The van der Waals surface area contributed by atoms with E-state index in [0.717, 1.165) is 30.1 Å². The van der Waals surface area contributed by atoms with Crippen LogP contribution in [0.5, 0.6) is 5.75 Å². The Hall–Kier alpha value is -1.44. The molecular formula is C12H15NO. The monoisotopic (exact) mass is 189 g/mol. The summed E-state index contributed by atoms with van der Waals surface area (Å²) in [6.07, 6.45) is 1.12. The zero-order valence-electron chi connectivity index (χ0n) is 8.49. The Morgan fingerprint density at radius 3 is 3.00 bits per heavy atom. The molecule has 2 heteroatoms. The van der Waals surface area contributed by atoms with Gasteiger partial charge in [0.1, 0.15) is 12.4 Å². The van der Waals surface area contributed by atoms with Crippen LogP contribution in [0.1, 0.15) is 13.3 Å². The number of ether oxygens (including phenoxy) is 1. The Morgan fingerprint density at radius 2 is 2.21 bits per heavy atom. The quantitative estimate of drug-likeness (QED) is 0.709. The molecule has 2 rings (SSSR count). The fourth-order valence-electron chi connectivity index (χ4n) is 1.71. The minimum atomic E-state index is 0.608. The highest BCUT2D eigenvalue weighted by Crippen LogP contribution is 2.34. The van der Waals surface area contributed by atoms with E-state index in [-0.39, 0.29) is 0 Å². The first kappa shape index (κ1) is 9.13. The minimum absolute atomic E-state index is 0.608. The van der Waals surface area contributed by atoms with Gasteiger partial charge < -0.3 is 9.64 Å². The molecule has 0 N–H and O–H groups in total. The van der Waals surface area contributed by atoms with Gasteiger partial charge in [-0.25, -0.2) is 0 Å². The average Bonchev–Trinajstić information content (AvgIpc) is 2.23. The van der Waals surface area contributed by atoms with E-state index in [2.05, 4.69) is 24.5 Å². The Morgan fingerprint density at radius 1 is 1.43 bits per heavy atom. The molecule has 1 aliphatic heterocycles. The molecule has 0 saturated heterocycles. The predicted molar refractivity (Wildman–Crippen MR) is 58.7 cm³/mol. The van der Waals surface area contributed by atoms with Gasteiger partial charge in [-0.3, -0.25) is 0 Å². The van der Waals surface area contributed by atoms with Crippen LogP contribution in [0.3, 0.4) is 0 Å². The third-order valence-electron chi connectivity index (χ3n) is 2.38. The maximum absolute atomic E-state index is 5.57. The summed E-state index contributed by atoms with van der Waals surface area (Å²) in [5.41, 5.74) is 2.19.